The van der Waals surface area contributed by atoms with Crippen LogP contribution in [0.3, 0.4) is 0 Å². The number of methoxy groups -OCH3 is 1. The molecule has 1 aliphatic heterocycles. The molecular weight excluding hydrogens is 422 g/mol. The Hall–Kier alpha value is -3.57. The molecule has 1 aliphatic rings. The summed E-state index contributed by atoms with van der Waals surface area (Å²) in [6, 6.07) is 23.7. The van der Waals surface area contributed by atoms with Gasteiger partial charge in [-0.2, -0.15) is 0 Å². The lowest BCUT2D eigenvalue weighted by molar-refractivity contribution is 0.0987. The largest absolute Gasteiger partial charge is 0.496 e. The normalized spacial score (nSPS) is 12.2. The number of carbonyl (C=O) groups is 1. The minimum atomic E-state index is -0.0489. The summed E-state index contributed by atoms with van der Waals surface area (Å²) in [5.41, 5.74) is 6.46. The molecular formula is C26H24ClN3O2. The van der Waals surface area contributed by atoms with Gasteiger partial charge >= 0.3 is 0 Å². The lowest BCUT2D eigenvalue weighted by atomic mass is 10.0. The van der Waals surface area contributed by atoms with Gasteiger partial charge in [-0.3, -0.25) is 4.79 Å². The molecule has 4 aromatic rings. The lowest BCUT2D eigenvalue weighted by Crippen LogP contribution is -2.32. The molecule has 6 heteroatoms. The smallest absolute Gasteiger partial charge is 0.258 e. The average Bonchev–Trinajstić information content (AvgIpc) is 3.12. The zero-order valence-corrected chi connectivity index (χ0v) is 18.8. The number of rotatable bonds is 3. The first-order valence-corrected chi connectivity index (χ1v) is 10.4. The highest BCUT2D eigenvalue weighted by molar-refractivity contribution is 6.09. The third-order valence-electron chi connectivity index (χ3n) is 5.71. The highest BCUT2D eigenvalue weighted by atomic mass is 35.5. The van der Waals surface area contributed by atoms with Crippen LogP contribution >= 0.6 is 12.4 Å². The molecule has 1 aromatic heterocycles. The van der Waals surface area contributed by atoms with Gasteiger partial charge in [0.15, 0.2) is 0 Å². The van der Waals surface area contributed by atoms with Crippen LogP contribution in [0.1, 0.15) is 21.9 Å². The number of amides is 1. The molecule has 5 rings (SSSR count). The summed E-state index contributed by atoms with van der Waals surface area (Å²) in [5, 5.41) is 0. The van der Waals surface area contributed by atoms with Crippen LogP contribution in [0.15, 0.2) is 72.8 Å². The first kappa shape index (κ1) is 21.7. The zero-order chi connectivity index (χ0) is 21.4. The van der Waals surface area contributed by atoms with Gasteiger partial charge < -0.3 is 14.6 Å². The minimum Gasteiger partial charge on any atom is -0.496 e. The summed E-state index contributed by atoms with van der Waals surface area (Å²) in [5.74, 6) is 1.52. The van der Waals surface area contributed by atoms with Gasteiger partial charge in [0.1, 0.15) is 11.6 Å². The second kappa shape index (κ2) is 8.89. The maximum absolute atomic E-state index is 13.6. The van der Waals surface area contributed by atoms with Crippen molar-refractivity contribution in [3.8, 4) is 28.1 Å². The van der Waals surface area contributed by atoms with Crippen LogP contribution in [0.5, 0.6) is 5.75 Å². The molecule has 32 heavy (non-hydrogen) atoms. The molecule has 162 valence electrons. The van der Waals surface area contributed by atoms with Crippen LogP contribution in [-0.2, 0) is 6.42 Å². The highest BCUT2D eigenvalue weighted by Crippen LogP contribution is 2.37. The fraction of sp³-hybridized carbons (Fsp3) is 0.154. The highest BCUT2D eigenvalue weighted by Gasteiger charge is 2.27. The van der Waals surface area contributed by atoms with Gasteiger partial charge in [-0.05, 0) is 36.8 Å². The zero-order valence-electron chi connectivity index (χ0n) is 18.0. The number of nitrogens with zero attached hydrogens (tertiary/aromatic N) is 2. The van der Waals surface area contributed by atoms with Gasteiger partial charge in [0, 0.05) is 35.3 Å². The second-order valence-electron chi connectivity index (χ2n) is 7.65. The summed E-state index contributed by atoms with van der Waals surface area (Å²) < 4.78 is 5.64. The Morgan fingerprint density at radius 3 is 2.53 bits per heavy atom. The number of ether oxygens (including phenoxy) is 1. The van der Waals surface area contributed by atoms with Crippen LogP contribution in [0, 0.1) is 6.92 Å². The number of imidazole rings is 1. The van der Waals surface area contributed by atoms with E-state index in [4.69, 9.17) is 4.74 Å². The Morgan fingerprint density at radius 1 is 1.00 bits per heavy atom. The summed E-state index contributed by atoms with van der Waals surface area (Å²) in [6.07, 6.45) is 0.718. The number of fused-ring (bicyclic) bond motifs is 3. The molecule has 0 radical (unpaired) electrons. The molecule has 0 aliphatic carbocycles. The van der Waals surface area contributed by atoms with E-state index < -0.39 is 0 Å². The Kier molecular flexibility index (Phi) is 6.01. The first-order chi connectivity index (χ1) is 15.2. The van der Waals surface area contributed by atoms with Gasteiger partial charge in [-0.25, -0.2) is 4.98 Å². The SMILES string of the molecule is COc1cc(C(=O)N2CCc3[nH]c(C)nc3-c3ccccc32)ccc1-c1ccccc1.Cl. The summed E-state index contributed by atoms with van der Waals surface area (Å²) in [4.78, 5) is 23.5. The topological polar surface area (TPSA) is 58.2 Å². The molecule has 1 N–H and O–H groups in total. The number of hydrogen-bond acceptors (Lipinski definition) is 3. The Bertz CT molecular complexity index is 1270. The maximum atomic E-state index is 13.6. The number of anilines is 1. The van der Waals surface area contributed by atoms with Gasteiger partial charge in [-0.1, -0.05) is 48.5 Å². The van der Waals surface area contributed by atoms with Crippen molar-refractivity contribution in [2.75, 3.05) is 18.6 Å². The van der Waals surface area contributed by atoms with Gasteiger partial charge in [0.05, 0.1) is 18.5 Å². The van der Waals surface area contributed by atoms with E-state index in [0.29, 0.717) is 17.9 Å². The molecule has 0 bridgehead atoms. The molecule has 0 saturated heterocycles. The van der Waals surface area contributed by atoms with Crippen LogP contribution in [0.4, 0.5) is 5.69 Å². The van der Waals surface area contributed by atoms with Crippen molar-refractivity contribution >= 4 is 24.0 Å². The predicted octanol–water partition coefficient (Wildman–Crippen LogP) is 5.69. The van der Waals surface area contributed by atoms with Gasteiger partial charge in [0.25, 0.3) is 5.91 Å². The number of halogens is 1. The Morgan fingerprint density at radius 2 is 1.75 bits per heavy atom. The van der Waals surface area contributed by atoms with Crippen LogP contribution in [0.2, 0.25) is 0 Å². The number of aryl methyl sites for hydroxylation is 1. The molecule has 2 heterocycles. The molecule has 3 aromatic carbocycles. The van der Waals surface area contributed by atoms with Crippen molar-refractivity contribution in [3.63, 3.8) is 0 Å². The molecule has 0 saturated carbocycles. The van der Waals surface area contributed by atoms with Crippen LogP contribution < -0.4 is 9.64 Å². The van der Waals surface area contributed by atoms with Gasteiger partial charge in [-0.15, -0.1) is 12.4 Å². The number of benzene rings is 3. The van der Waals surface area contributed by atoms with Crippen LogP contribution in [-0.4, -0.2) is 29.5 Å². The van der Waals surface area contributed by atoms with Crippen molar-refractivity contribution < 1.29 is 9.53 Å². The molecule has 1 amide bonds. The van der Waals surface area contributed by atoms with Crippen molar-refractivity contribution in [3.05, 3.63) is 89.9 Å². The standard InChI is InChI=1S/C26H23N3O2.ClH/c1-17-27-22-14-15-29(23-11-7-6-10-21(23)25(22)28-17)26(30)19-12-13-20(24(16-19)31-2)18-8-4-3-5-9-18;/h3-13,16H,14-15H2,1-2H3,(H,27,28);1H. The maximum Gasteiger partial charge on any atom is 0.258 e. The minimum absolute atomic E-state index is 0. The third kappa shape index (κ3) is 3.76. The molecule has 0 spiro atoms. The number of aromatic nitrogens is 2. The molecule has 0 atom stereocenters. The van der Waals surface area contributed by atoms with Crippen molar-refractivity contribution in [2.45, 2.75) is 13.3 Å². The summed E-state index contributed by atoms with van der Waals surface area (Å²) in [7, 11) is 1.64. The van der Waals surface area contributed by atoms with E-state index >= 15 is 0 Å². The quantitative estimate of drug-likeness (QED) is 0.441. The van der Waals surface area contributed by atoms with E-state index in [1.54, 1.807) is 7.11 Å². The Balaban J connectivity index is 0.00000245. The van der Waals surface area contributed by atoms with Crippen molar-refractivity contribution in [2.24, 2.45) is 0 Å². The molecule has 0 fully saturated rings. The molecule has 0 unspecified atom stereocenters. The Labute approximate surface area is 193 Å². The number of carbonyl (C=O) groups excluding carboxylic acids is 1. The fourth-order valence-corrected chi connectivity index (χ4v) is 4.24. The average molecular weight is 446 g/mol. The fourth-order valence-electron chi connectivity index (χ4n) is 4.24. The number of aromatic amines is 1. The summed E-state index contributed by atoms with van der Waals surface area (Å²) in [6.45, 7) is 2.54. The van der Waals surface area contributed by atoms with E-state index in [9.17, 15) is 4.79 Å². The van der Waals surface area contributed by atoms with E-state index in [1.165, 1.54) is 0 Å². The predicted molar refractivity (Wildman–Crippen MR) is 130 cm³/mol. The van der Waals surface area contributed by atoms with E-state index in [1.807, 2.05) is 84.6 Å². The number of nitrogens with one attached hydrogen (secondary N) is 1. The van der Waals surface area contributed by atoms with Crippen molar-refractivity contribution in [1.29, 1.82) is 0 Å². The lowest BCUT2D eigenvalue weighted by Gasteiger charge is -2.23. The second-order valence-corrected chi connectivity index (χ2v) is 7.65. The summed E-state index contributed by atoms with van der Waals surface area (Å²) >= 11 is 0. The number of H-pyrrole nitrogens is 1. The van der Waals surface area contributed by atoms with Crippen molar-refractivity contribution in [1.82, 2.24) is 9.97 Å². The van der Waals surface area contributed by atoms with E-state index in [2.05, 4.69) is 9.97 Å². The van der Waals surface area contributed by atoms with E-state index in [-0.39, 0.29) is 18.3 Å². The monoisotopic (exact) mass is 445 g/mol. The first-order valence-electron chi connectivity index (χ1n) is 10.4. The third-order valence-corrected chi connectivity index (χ3v) is 5.71. The number of hydrogen-bond donors (Lipinski definition) is 1. The van der Waals surface area contributed by atoms with Crippen LogP contribution in [0.25, 0.3) is 22.4 Å². The van der Waals surface area contributed by atoms with E-state index in [0.717, 1.165) is 46.0 Å². The molecule has 5 nitrogen and oxygen atoms in total. The number of para-hydroxylation sites is 1. The van der Waals surface area contributed by atoms with Gasteiger partial charge in [0.2, 0.25) is 0 Å².